The van der Waals surface area contributed by atoms with E-state index >= 15 is 0 Å². The molecule has 0 saturated carbocycles. The first-order valence-electron chi connectivity index (χ1n) is 6.29. The lowest BCUT2D eigenvalue weighted by atomic mass is 9.89. The van der Waals surface area contributed by atoms with Crippen molar-refractivity contribution in [2.75, 3.05) is 0 Å². The molecule has 0 radical (unpaired) electrons. The van der Waals surface area contributed by atoms with Gasteiger partial charge in [0.15, 0.2) is 5.78 Å². The van der Waals surface area contributed by atoms with Crippen molar-refractivity contribution in [2.45, 2.75) is 27.7 Å². The Balaban J connectivity index is 2.59. The van der Waals surface area contributed by atoms with Crippen LogP contribution in [0.5, 0.6) is 0 Å². The molecule has 0 spiro atoms. The summed E-state index contributed by atoms with van der Waals surface area (Å²) in [5.74, 6) is 0.0680. The lowest BCUT2D eigenvalue weighted by Gasteiger charge is -2.14. The summed E-state index contributed by atoms with van der Waals surface area (Å²) in [6, 6.07) is 9.19. The van der Waals surface area contributed by atoms with E-state index < -0.39 is 0 Å². The molecule has 0 bridgehead atoms. The Labute approximate surface area is 119 Å². The molecule has 0 saturated heterocycles. The number of carbonyl (C=O) groups excluding carboxylic acids is 1. The minimum absolute atomic E-state index is 0.0680. The van der Waals surface area contributed by atoms with Crippen molar-refractivity contribution in [1.82, 2.24) is 0 Å². The summed E-state index contributed by atoms with van der Waals surface area (Å²) in [5.41, 5.74) is 5.92. The second-order valence-corrected chi connectivity index (χ2v) is 5.41. The number of hydrogen-bond acceptors (Lipinski definition) is 1. The predicted molar refractivity (Wildman–Crippen MR) is 80.3 cm³/mol. The molecule has 0 unspecified atom stereocenters. The van der Waals surface area contributed by atoms with Crippen LogP contribution in [0, 0.1) is 27.7 Å². The van der Waals surface area contributed by atoms with Crippen LogP contribution in [0.15, 0.2) is 30.3 Å². The molecular formula is C17H17ClO. The third kappa shape index (κ3) is 2.57. The Morgan fingerprint density at radius 1 is 0.895 bits per heavy atom. The maximum atomic E-state index is 12.7. The molecule has 2 aromatic rings. The Morgan fingerprint density at radius 2 is 1.37 bits per heavy atom. The van der Waals surface area contributed by atoms with Crippen molar-refractivity contribution in [3.63, 3.8) is 0 Å². The van der Waals surface area contributed by atoms with Gasteiger partial charge in [-0.3, -0.25) is 4.79 Å². The molecule has 0 N–H and O–H groups in total. The van der Waals surface area contributed by atoms with E-state index in [0.717, 1.165) is 27.8 Å². The molecule has 0 atom stereocenters. The van der Waals surface area contributed by atoms with E-state index in [1.54, 1.807) is 24.3 Å². The van der Waals surface area contributed by atoms with Gasteiger partial charge in [-0.1, -0.05) is 17.7 Å². The average molecular weight is 273 g/mol. The Morgan fingerprint density at radius 3 is 1.84 bits per heavy atom. The van der Waals surface area contributed by atoms with Gasteiger partial charge >= 0.3 is 0 Å². The topological polar surface area (TPSA) is 17.1 Å². The second kappa shape index (κ2) is 5.18. The molecular weight excluding hydrogens is 256 g/mol. The first-order chi connectivity index (χ1) is 8.91. The van der Waals surface area contributed by atoms with E-state index in [-0.39, 0.29) is 5.78 Å². The van der Waals surface area contributed by atoms with E-state index in [1.807, 2.05) is 27.7 Å². The quantitative estimate of drug-likeness (QED) is 0.718. The van der Waals surface area contributed by atoms with Crippen LogP contribution in [0.4, 0.5) is 0 Å². The number of ketones is 1. The summed E-state index contributed by atoms with van der Waals surface area (Å²) in [7, 11) is 0. The standard InChI is InChI=1S/C17H17ClO/c1-10-9-11(2)13(4)16(12(10)3)17(19)14-5-7-15(18)8-6-14/h5-9H,1-4H3. The molecule has 0 heterocycles. The summed E-state index contributed by atoms with van der Waals surface area (Å²) < 4.78 is 0. The first kappa shape index (κ1) is 13.8. The zero-order valence-corrected chi connectivity index (χ0v) is 12.4. The fourth-order valence-corrected chi connectivity index (χ4v) is 2.43. The zero-order chi connectivity index (χ0) is 14.2. The number of aryl methyl sites for hydroxylation is 2. The highest BCUT2D eigenvalue weighted by Crippen LogP contribution is 2.24. The van der Waals surface area contributed by atoms with Crippen molar-refractivity contribution in [3.05, 3.63) is 68.7 Å². The van der Waals surface area contributed by atoms with E-state index in [4.69, 9.17) is 11.6 Å². The molecule has 0 fully saturated rings. The molecule has 19 heavy (non-hydrogen) atoms. The maximum absolute atomic E-state index is 12.7. The first-order valence-corrected chi connectivity index (χ1v) is 6.67. The van der Waals surface area contributed by atoms with Crippen LogP contribution < -0.4 is 0 Å². The lowest BCUT2D eigenvalue weighted by molar-refractivity contribution is 0.103. The molecule has 98 valence electrons. The third-order valence-corrected chi connectivity index (χ3v) is 3.95. The van der Waals surface area contributed by atoms with Crippen molar-refractivity contribution < 1.29 is 4.79 Å². The molecule has 0 aromatic heterocycles. The normalized spacial score (nSPS) is 10.6. The smallest absolute Gasteiger partial charge is 0.193 e. The fourth-order valence-electron chi connectivity index (χ4n) is 2.30. The van der Waals surface area contributed by atoms with Gasteiger partial charge < -0.3 is 0 Å². The van der Waals surface area contributed by atoms with Gasteiger partial charge in [0.05, 0.1) is 0 Å². The number of hydrogen-bond donors (Lipinski definition) is 0. The molecule has 0 aliphatic heterocycles. The highest BCUT2D eigenvalue weighted by molar-refractivity contribution is 6.30. The van der Waals surface area contributed by atoms with E-state index in [0.29, 0.717) is 10.6 Å². The van der Waals surface area contributed by atoms with Gasteiger partial charge in [0.1, 0.15) is 0 Å². The van der Waals surface area contributed by atoms with E-state index in [2.05, 4.69) is 6.07 Å². The molecule has 0 amide bonds. The predicted octanol–water partition coefficient (Wildman–Crippen LogP) is 4.80. The van der Waals surface area contributed by atoms with Crippen molar-refractivity contribution >= 4 is 17.4 Å². The van der Waals surface area contributed by atoms with Crippen LogP contribution in [0.2, 0.25) is 5.02 Å². The van der Waals surface area contributed by atoms with Crippen molar-refractivity contribution in [2.24, 2.45) is 0 Å². The molecule has 2 heteroatoms. The number of benzene rings is 2. The number of carbonyl (C=O) groups is 1. The molecule has 2 aromatic carbocycles. The van der Waals surface area contributed by atoms with Crippen LogP contribution in [0.1, 0.15) is 38.2 Å². The summed E-state index contributed by atoms with van der Waals surface area (Å²) in [4.78, 5) is 12.7. The van der Waals surface area contributed by atoms with Gasteiger partial charge in [-0.2, -0.15) is 0 Å². The largest absolute Gasteiger partial charge is 0.289 e. The third-order valence-electron chi connectivity index (χ3n) is 3.70. The Kier molecular flexibility index (Phi) is 3.77. The maximum Gasteiger partial charge on any atom is 0.193 e. The molecule has 2 rings (SSSR count). The van der Waals surface area contributed by atoms with Crippen LogP contribution in [0.3, 0.4) is 0 Å². The Hall–Kier alpha value is -1.60. The summed E-state index contributed by atoms with van der Waals surface area (Å²) >= 11 is 5.86. The van der Waals surface area contributed by atoms with Crippen LogP contribution in [-0.4, -0.2) is 5.78 Å². The van der Waals surface area contributed by atoms with Crippen molar-refractivity contribution in [1.29, 1.82) is 0 Å². The van der Waals surface area contributed by atoms with Gasteiger partial charge in [-0.05, 0) is 74.2 Å². The zero-order valence-electron chi connectivity index (χ0n) is 11.7. The van der Waals surface area contributed by atoms with Crippen LogP contribution in [-0.2, 0) is 0 Å². The molecule has 0 aliphatic rings. The van der Waals surface area contributed by atoms with Crippen molar-refractivity contribution in [3.8, 4) is 0 Å². The summed E-state index contributed by atoms with van der Waals surface area (Å²) in [6.07, 6.45) is 0. The number of halogens is 1. The van der Waals surface area contributed by atoms with Gasteiger partial charge in [-0.15, -0.1) is 0 Å². The molecule has 1 nitrogen and oxygen atoms in total. The minimum atomic E-state index is 0.0680. The summed E-state index contributed by atoms with van der Waals surface area (Å²) in [5, 5.41) is 0.644. The second-order valence-electron chi connectivity index (χ2n) is 4.97. The van der Waals surface area contributed by atoms with Gasteiger partial charge in [0.25, 0.3) is 0 Å². The Bertz CT molecular complexity index is 613. The SMILES string of the molecule is Cc1cc(C)c(C)c(C(=O)c2ccc(Cl)cc2)c1C. The van der Waals surface area contributed by atoms with Gasteiger partial charge in [0, 0.05) is 16.1 Å². The monoisotopic (exact) mass is 272 g/mol. The highest BCUT2D eigenvalue weighted by atomic mass is 35.5. The van der Waals surface area contributed by atoms with E-state index in [9.17, 15) is 4.79 Å². The minimum Gasteiger partial charge on any atom is -0.289 e. The van der Waals surface area contributed by atoms with Gasteiger partial charge in [-0.25, -0.2) is 0 Å². The molecule has 0 aliphatic carbocycles. The average Bonchev–Trinajstić information content (AvgIpc) is 2.37. The highest BCUT2D eigenvalue weighted by Gasteiger charge is 2.17. The van der Waals surface area contributed by atoms with Gasteiger partial charge in [0.2, 0.25) is 0 Å². The number of rotatable bonds is 2. The lowest BCUT2D eigenvalue weighted by Crippen LogP contribution is -2.08. The van der Waals surface area contributed by atoms with E-state index in [1.165, 1.54) is 0 Å². The fraction of sp³-hybridized carbons (Fsp3) is 0.235. The van der Waals surface area contributed by atoms with Crippen LogP contribution >= 0.6 is 11.6 Å². The summed E-state index contributed by atoms with van der Waals surface area (Å²) in [6.45, 7) is 8.09. The van der Waals surface area contributed by atoms with Crippen LogP contribution in [0.25, 0.3) is 0 Å².